The van der Waals surface area contributed by atoms with Gasteiger partial charge >= 0.3 is 0 Å². The van der Waals surface area contributed by atoms with E-state index in [4.69, 9.17) is 0 Å². The molecule has 1 amide bonds. The lowest BCUT2D eigenvalue weighted by Crippen LogP contribution is -2.41. The van der Waals surface area contributed by atoms with Gasteiger partial charge in [0.25, 0.3) is 5.91 Å². The Balaban J connectivity index is 1.55. The summed E-state index contributed by atoms with van der Waals surface area (Å²) in [5.74, 6) is -0.267. The van der Waals surface area contributed by atoms with Crippen LogP contribution in [0.2, 0.25) is 0 Å². The molecular formula is C23H24N2O3S. The van der Waals surface area contributed by atoms with Gasteiger partial charge in [-0.25, -0.2) is 8.42 Å². The number of fused-ring (bicyclic) bond motifs is 1. The maximum absolute atomic E-state index is 12.9. The molecule has 3 aromatic rings. The molecule has 4 rings (SSSR count). The van der Waals surface area contributed by atoms with Crippen molar-refractivity contribution in [2.45, 2.75) is 37.1 Å². The highest BCUT2D eigenvalue weighted by Gasteiger charge is 2.30. The van der Waals surface area contributed by atoms with Gasteiger partial charge < -0.3 is 5.32 Å². The van der Waals surface area contributed by atoms with Crippen molar-refractivity contribution in [3.05, 3.63) is 72.3 Å². The van der Waals surface area contributed by atoms with Crippen LogP contribution in [0.25, 0.3) is 10.8 Å². The molecule has 1 N–H and O–H groups in total. The second-order valence-corrected chi connectivity index (χ2v) is 9.36. The SMILES string of the molecule is CC1CCCCN1S(=O)(=O)c1ccc(C(=O)Nc2cccc3ccccc23)cc1. The summed E-state index contributed by atoms with van der Waals surface area (Å²) >= 11 is 0. The molecule has 6 heteroatoms. The lowest BCUT2D eigenvalue weighted by molar-refractivity contribution is 0.102. The molecule has 0 saturated carbocycles. The average Bonchev–Trinajstić information content (AvgIpc) is 2.74. The third kappa shape index (κ3) is 3.91. The van der Waals surface area contributed by atoms with Crippen molar-refractivity contribution in [1.29, 1.82) is 0 Å². The minimum absolute atomic E-state index is 0.00286. The van der Waals surface area contributed by atoms with Crippen LogP contribution in [0.5, 0.6) is 0 Å². The number of hydrogen-bond acceptors (Lipinski definition) is 3. The lowest BCUT2D eigenvalue weighted by Gasteiger charge is -2.32. The third-order valence-corrected chi connectivity index (χ3v) is 7.53. The number of carbonyl (C=O) groups excluding carboxylic acids is 1. The van der Waals surface area contributed by atoms with E-state index in [2.05, 4.69) is 5.32 Å². The number of amides is 1. The van der Waals surface area contributed by atoms with Crippen molar-refractivity contribution in [2.75, 3.05) is 11.9 Å². The number of carbonyl (C=O) groups is 1. The normalized spacial score (nSPS) is 17.9. The third-order valence-electron chi connectivity index (χ3n) is 5.50. The monoisotopic (exact) mass is 408 g/mol. The van der Waals surface area contributed by atoms with Gasteiger partial charge in [-0.15, -0.1) is 0 Å². The summed E-state index contributed by atoms with van der Waals surface area (Å²) in [7, 11) is -3.54. The number of benzene rings is 3. The largest absolute Gasteiger partial charge is 0.321 e. The molecule has 1 fully saturated rings. The molecule has 0 bridgehead atoms. The lowest BCUT2D eigenvalue weighted by atomic mass is 10.1. The van der Waals surface area contributed by atoms with E-state index in [0.717, 1.165) is 35.7 Å². The summed E-state index contributed by atoms with van der Waals surface area (Å²) in [4.78, 5) is 12.9. The molecule has 1 aliphatic rings. The van der Waals surface area contributed by atoms with Crippen LogP contribution in [-0.4, -0.2) is 31.2 Å². The standard InChI is InChI=1S/C23H24N2O3S/c1-17-7-4-5-16-25(17)29(27,28)20-14-12-19(13-15-20)23(26)24-22-11-6-9-18-8-2-3-10-21(18)22/h2-3,6,8-15,17H,4-5,7,16H2,1H3,(H,24,26). The molecule has 1 atom stereocenters. The summed E-state index contributed by atoms with van der Waals surface area (Å²) in [6, 6.07) is 19.8. The summed E-state index contributed by atoms with van der Waals surface area (Å²) in [6.07, 6.45) is 2.82. The Kier molecular flexibility index (Phi) is 5.39. The quantitative estimate of drug-likeness (QED) is 0.683. The molecule has 29 heavy (non-hydrogen) atoms. The minimum atomic E-state index is -3.54. The van der Waals surface area contributed by atoms with E-state index in [1.54, 1.807) is 16.4 Å². The first kappa shape index (κ1) is 19.6. The van der Waals surface area contributed by atoms with Crippen LogP contribution in [0.4, 0.5) is 5.69 Å². The Morgan fingerprint density at radius 1 is 0.966 bits per heavy atom. The van der Waals surface area contributed by atoms with E-state index in [0.29, 0.717) is 12.1 Å². The van der Waals surface area contributed by atoms with E-state index in [9.17, 15) is 13.2 Å². The van der Waals surface area contributed by atoms with E-state index in [1.807, 2.05) is 49.4 Å². The van der Waals surface area contributed by atoms with Crippen LogP contribution in [0.3, 0.4) is 0 Å². The first-order valence-electron chi connectivity index (χ1n) is 9.88. The number of nitrogens with zero attached hydrogens (tertiary/aromatic N) is 1. The molecule has 1 saturated heterocycles. The van der Waals surface area contributed by atoms with E-state index in [1.165, 1.54) is 12.1 Å². The van der Waals surface area contributed by atoms with Gasteiger partial charge in [0.1, 0.15) is 0 Å². The number of nitrogens with one attached hydrogen (secondary N) is 1. The summed E-state index contributed by atoms with van der Waals surface area (Å²) in [5.41, 5.74) is 1.15. The van der Waals surface area contributed by atoms with Gasteiger partial charge in [-0.3, -0.25) is 4.79 Å². The summed E-state index contributed by atoms with van der Waals surface area (Å²) < 4.78 is 27.5. The van der Waals surface area contributed by atoms with Crippen molar-refractivity contribution in [1.82, 2.24) is 4.31 Å². The molecule has 1 heterocycles. The predicted octanol–water partition coefficient (Wildman–Crippen LogP) is 4.66. The number of piperidine rings is 1. The van der Waals surface area contributed by atoms with Gasteiger partial charge in [-0.1, -0.05) is 42.8 Å². The summed E-state index contributed by atoms with van der Waals surface area (Å²) in [6.45, 7) is 2.50. The molecule has 5 nitrogen and oxygen atoms in total. The highest BCUT2D eigenvalue weighted by atomic mass is 32.2. The molecule has 0 aliphatic carbocycles. The van der Waals surface area contributed by atoms with Gasteiger partial charge in [0.15, 0.2) is 0 Å². The fraction of sp³-hybridized carbons (Fsp3) is 0.261. The first-order valence-corrected chi connectivity index (χ1v) is 11.3. The Hall–Kier alpha value is -2.70. The minimum Gasteiger partial charge on any atom is -0.321 e. The van der Waals surface area contributed by atoms with Crippen LogP contribution in [0.1, 0.15) is 36.5 Å². The van der Waals surface area contributed by atoms with Gasteiger partial charge in [-0.05, 0) is 55.5 Å². The average molecular weight is 409 g/mol. The molecular weight excluding hydrogens is 384 g/mol. The number of anilines is 1. The zero-order valence-corrected chi connectivity index (χ0v) is 17.2. The highest BCUT2D eigenvalue weighted by molar-refractivity contribution is 7.89. The summed E-state index contributed by atoms with van der Waals surface area (Å²) in [5, 5.41) is 4.93. The number of sulfonamides is 1. The zero-order chi connectivity index (χ0) is 20.4. The Morgan fingerprint density at radius 3 is 2.45 bits per heavy atom. The van der Waals surface area contributed by atoms with Crippen LogP contribution >= 0.6 is 0 Å². The van der Waals surface area contributed by atoms with Crippen LogP contribution in [0.15, 0.2) is 71.6 Å². The number of rotatable bonds is 4. The molecule has 150 valence electrons. The fourth-order valence-corrected chi connectivity index (χ4v) is 5.57. The molecule has 1 unspecified atom stereocenters. The van der Waals surface area contributed by atoms with E-state index >= 15 is 0 Å². The molecule has 0 radical (unpaired) electrons. The van der Waals surface area contributed by atoms with E-state index < -0.39 is 10.0 Å². The maximum Gasteiger partial charge on any atom is 0.255 e. The fourth-order valence-electron chi connectivity index (χ4n) is 3.87. The molecule has 3 aromatic carbocycles. The second-order valence-electron chi connectivity index (χ2n) is 7.47. The van der Waals surface area contributed by atoms with Crippen molar-refractivity contribution >= 4 is 32.4 Å². The van der Waals surface area contributed by atoms with Crippen LogP contribution < -0.4 is 5.32 Å². The van der Waals surface area contributed by atoms with Crippen molar-refractivity contribution in [2.24, 2.45) is 0 Å². The van der Waals surface area contributed by atoms with Gasteiger partial charge in [-0.2, -0.15) is 4.31 Å². The zero-order valence-electron chi connectivity index (χ0n) is 16.3. The molecule has 0 aromatic heterocycles. The predicted molar refractivity (Wildman–Crippen MR) is 116 cm³/mol. The smallest absolute Gasteiger partial charge is 0.255 e. The Bertz CT molecular complexity index is 1140. The second kappa shape index (κ2) is 7.97. The Morgan fingerprint density at radius 2 is 1.69 bits per heavy atom. The van der Waals surface area contributed by atoms with Gasteiger partial charge in [0.05, 0.1) is 4.90 Å². The van der Waals surface area contributed by atoms with Gasteiger partial charge in [0, 0.05) is 29.2 Å². The van der Waals surface area contributed by atoms with Crippen molar-refractivity contribution in [3.63, 3.8) is 0 Å². The molecule has 1 aliphatic heterocycles. The van der Waals surface area contributed by atoms with Gasteiger partial charge in [0.2, 0.25) is 10.0 Å². The maximum atomic E-state index is 12.9. The Labute approximate surface area is 171 Å². The molecule has 0 spiro atoms. The topological polar surface area (TPSA) is 66.5 Å². The highest BCUT2D eigenvalue weighted by Crippen LogP contribution is 2.26. The van der Waals surface area contributed by atoms with E-state index in [-0.39, 0.29) is 16.8 Å². The van der Waals surface area contributed by atoms with Crippen LogP contribution in [-0.2, 0) is 10.0 Å². The first-order chi connectivity index (χ1) is 14.0. The number of hydrogen-bond donors (Lipinski definition) is 1. The van der Waals surface area contributed by atoms with Crippen molar-refractivity contribution < 1.29 is 13.2 Å². The van der Waals surface area contributed by atoms with Crippen LogP contribution in [0, 0.1) is 0 Å². The van der Waals surface area contributed by atoms with Crippen molar-refractivity contribution in [3.8, 4) is 0 Å².